The van der Waals surface area contributed by atoms with Gasteiger partial charge in [-0.1, -0.05) is 11.8 Å². The molecule has 1 saturated carbocycles. The smallest absolute Gasteiger partial charge is 0.406 e. The Morgan fingerprint density at radius 2 is 2.04 bits per heavy atom. The van der Waals surface area contributed by atoms with E-state index in [-0.39, 0.29) is 22.6 Å². The molecule has 0 spiro atoms. The largest absolute Gasteiger partial charge is 0.508 e. The number of phenols is 1. The number of alkyl halides is 3. The first kappa shape index (κ1) is 19.5. The van der Waals surface area contributed by atoms with Crippen molar-refractivity contribution in [3.8, 4) is 11.4 Å². The molecule has 1 atom stereocenters. The van der Waals surface area contributed by atoms with E-state index >= 15 is 0 Å². The van der Waals surface area contributed by atoms with Crippen LogP contribution in [-0.4, -0.2) is 60.6 Å². The number of aromatic nitrogens is 4. The van der Waals surface area contributed by atoms with Crippen LogP contribution in [-0.2, 0) is 4.79 Å². The summed E-state index contributed by atoms with van der Waals surface area (Å²) in [6, 6.07) is 5.64. The van der Waals surface area contributed by atoms with Crippen molar-refractivity contribution in [2.45, 2.75) is 37.1 Å². The molecule has 146 valence electrons. The first-order chi connectivity index (χ1) is 12.7. The summed E-state index contributed by atoms with van der Waals surface area (Å²) in [5, 5.41) is 20.8. The van der Waals surface area contributed by atoms with E-state index in [1.54, 1.807) is 19.1 Å². The lowest BCUT2D eigenvalue weighted by atomic mass is 10.2. The molecule has 0 aliphatic heterocycles. The Morgan fingerprint density at radius 3 is 2.63 bits per heavy atom. The minimum atomic E-state index is -4.45. The Kier molecular flexibility index (Phi) is 5.59. The highest BCUT2D eigenvalue weighted by atomic mass is 32.2. The van der Waals surface area contributed by atoms with Crippen LogP contribution < -0.4 is 0 Å². The highest BCUT2D eigenvalue weighted by molar-refractivity contribution is 7.99. The third-order valence-corrected chi connectivity index (χ3v) is 5.23. The second-order valence-corrected chi connectivity index (χ2v) is 7.34. The molecule has 11 heteroatoms. The summed E-state index contributed by atoms with van der Waals surface area (Å²) < 4.78 is 40.0. The van der Waals surface area contributed by atoms with E-state index < -0.39 is 24.7 Å². The van der Waals surface area contributed by atoms with E-state index in [0.717, 1.165) is 29.5 Å². The third kappa shape index (κ3) is 5.12. The maximum atomic E-state index is 12.9. The Morgan fingerprint density at radius 1 is 1.37 bits per heavy atom. The molecule has 1 aromatic heterocycles. The van der Waals surface area contributed by atoms with Gasteiger partial charge in [0.05, 0.1) is 11.4 Å². The zero-order valence-corrected chi connectivity index (χ0v) is 15.2. The van der Waals surface area contributed by atoms with Crippen LogP contribution in [0.15, 0.2) is 29.4 Å². The van der Waals surface area contributed by atoms with Gasteiger partial charge in [0.15, 0.2) is 0 Å². The number of aromatic hydroxyl groups is 1. The van der Waals surface area contributed by atoms with Crippen molar-refractivity contribution in [2.24, 2.45) is 5.92 Å². The van der Waals surface area contributed by atoms with E-state index in [1.165, 1.54) is 16.8 Å². The minimum absolute atomic E-state index is 0.0769. The van der Waals surface area contributed by atoms with Gasteiger partial charge in [-0.3, -0.25) is 4.79 Å². The van der Waals surface area contributed by atoms with E-state index in [0.29, 0.717) is 5.69 Å². The lowest BCUT2D eigenvalue weighted by Crippen LogP contribution is -2.46. The number of halogens is 3. The van der Waals surface area contributed by atoms with E-state index in [9.17, 15) is 23.1 Å². The zero-order chi connectivity index (χ0) is 19.6. The van der Waals surface area contributed by atoms with Gasteiger partial charge < -0.3 is 10.0 Å². The quantitative estimate of drug-likeness (QED) is 0.718. The second-order valence-electron chi connectivity index (χ2n) is 6.39. The van der Waals surface area contributed by atoms with Gasteiger partial charge in [-0.25, -0.2) is 0 Å². The van der Waals surface area contributed by atoms with Gasteiger partial charge in [-0.05, 0) is 60.4 Å². The van der Waals surface area contributed by atoms with Crippen LogP contribution in [0.1, 0.15) is 19.8 Å². The lowest BCUT2D eigenvalue weighted by molar-refractivity contribution is -0.164. The molecule has 1 amide bonds. The van der Waals surface area contributed by atoms with E-state index in [4.69, 9.17) is 0 Å². The predicted molar refractivity (Wildman–Crippen MR) is 91.5 cm³/mol. The second kappa shape index (κ2) is 7.75. The number of carbonyl (C=O) groups excluding carboxylic acids is 1. The summed E-state index contributed by atoms with van der Waals surface area (Å²) >= 11 is 0.971. The van der Waals surface area contributed by atoms with Crippen LogP contribution in [0.25, 0.3) is 5.69 Å². The number of hydrogen-bond donors (Lipinski definition) is 1. The molecule has 0 saturated heterocycles. The normalized spacial score (nSPS) is 15.6. The molecule has 3 rings (SSSR count). The van der Waals surface area contributed by atoms with Crippen molar-refractivity contribution in [1.29, 1.82) is 0 Å². The van der Waals surface area contributed by atoms with Crippen molar-refractivity contribution in [3.63, 3.8) is 0 Å². The standard InChI is InChI=1S/C16H18F3N5O2S/c1-10(11-2-3-11)23(9-16(17,18)19)14(26)8-27-15-20-21-22-24(15)12-4-6-13(25)7-5-12/h4-7,10-11,25H,2-3,8-9H2,1H3/t10-/m1/s1. The summed E-state index contributed by atoms with van der Waals surface area (Å²) in [5.74, 6) is -0.598. The van der Waals surface area contributed by atoms with Crippen molar-refractivity contribution >= 4 is 17.7 Å². The van der Waals surface area contributed by atoms with Crippen molar-refractivity contribution < 1.29 is 23.1 Å². The maximum absolute atomic E-state index is 12.9. The molecular formula is C16H18F3N5O2S. The van der Waals surface area contributed by atoms with Gasteiger partial charge in [0.25, 0.3) is 0 Å². The molecule has 2 aromatic rings. The van der Waals surface area contributed by atoms with Crippen LogP contribution in [0.2, 0.25) is 0 Å². The van der Waals surface area contributed by atoms with Crippen molar-refractivity contribution in [2.75, 3.05) is 12.3 Å². The summed E-state index contributed by atoms with van der Waals surface area (Å²) in [5.41, 5.74) is 0.561. The van der Waals surface area contributed by atoms with E-state index in [2.05, 4.69) is 15.5 Å². The maximum Gasteiger partial charge on any atom is 0.406 e. The zero-order valence-electron chi connectivity index (χ0n) is 14.4. The Bertz CT molecular complexity index is 792. The van der Waals surface area contributed by atoms with Crippen LogP contribution in [0.4, 0.5) is 13.2 Å². The van der Waals surface area contributed by atoms with Gasteiger partial charge in [0.1, 0.15) is 12.3 Å². The number of phenolic OH excluding ortho intramolecular Hbond substituents is 1. The number of amides is 1. The van der Waals surface area contributed by atoms with E-state index in [1.807, 2.05) is 0 Å². The topological polar surface area (TPSA) is 84.1 Å². The average molecular weight is 401 g/mol. The molecule has 1 aliphatic rings. The first-order valence-corrected chi connectivity index (χ1v) is 9.30. The molecule has 7 nitrogen and oxygen atoms in total. The highest BCUT2D eigenvalue weighted by Gasteiger charge is 2.40. The number of tetrazole rings is 1. The summed E-state index contributed by atoms with van der Waals surface area (Å²) in [6.07, 6.45) is -2.76. The predicted octanol–water partition coefficient (Wildman–Crippen LogP) is 2.65. The number of carbonyl (C=O) groups is 1. The third-order valence-electron chi connectivity index (χ3n) is 4.33. The van der Waals surface area contributed by atoms with Gasteiger partial charge in [-0.2, -0.15) is 17.9 Å². The molecule has 0 radical (unpaired) electrons. The Hall–Kier alpha value is -2.30. The van der Waals surface area contributed by atoms with Gasteiger partial charge in [0, 0.05) is 6.04 Å². The molecule has 0 unspecified atom stereocenters. The molecule has 1 N–H and O–H groups in total. The molecule has 27 heavy (non-hydrogen) atoms. The summed E-state index contributed by atoms with van der Waals surface area (Å²) in [6.45, 7) is 0.402. The highest BCUT2D eigenvalue weighted by Crippen LogP contribution is 2.36. The lowest BCUT2D eigenvalue weighted by Gasteiger charge is -2.30. The number of thioether (sulfide) groups is 1. The minimum Gasteiger partial charge on any atom is -0.508 e. The number of rotatable bonds is 7. The summed E-state index contributed by atoms with van der Waals surface area (Å²) in [7, 11) is 0. The van der Waals surface area contributed by atoms with Crippen LogP contribution in [0.3, 0.4) is 0 Å². The van der Waals surface area contributed by atoms with Crippen LogP contribution in [0.5, 0.6) is 5.75 Å². The molecule has 1 fully saturated rings. The van der Waals surface area contributed by atoms with Crippen LogP contribution in [0, 0.1) is 5.92 Å². The summed E-state index contributed by atoms with van der Waals surface area (Å²) in [4.78, 5) is 13.4. The van der Waals surface area contributed by atoms with Crippen molar-refractivity contribution in [1.82, 2.24) is 25.1 Å². The number of hydrogen-bond acceptors (Lipinski definition) is 6. The molecule has 1 aliphatic carbocycles. The Balaban J connectivity index is 1.69. The average Bonchev–Trinajstić information content (AvgIpc) is 3.35. The monoisotopic (exact) mass is 401 g/mol. The molecular weight excluding hydrogens is 383 g/mol. The SMILES string of the molecule is C[C@H](C1CC1)N(CC(F)(F)F)C(=O)CSc1nnnn1-c1ccc(O)cc1. The number of nitrogens with zero attached hydrogens (tertiary/aromatic N) is 5. The number of benzene rings is 1. The van der Waals surface area contributed by atoms with Crippen molar-refractivity contribution in [3.05, 3.63) is 24.3 Å². The van der Waals surface area contributed by atoms with Gasteiger partial charge >= 0.3 is 6.18 Å². The van der Waals surface area contributed by atoms with Crippen LogP contribution >= 0.6 is 11.8 Å². The Labute approximate surface area is 157 Å². The fourth-order valence-electron chi connectivity index (χ4n) is 2.72. The molecule has 1 aromatic carbocycles. The fourth-order valence-corrected chi connectivity index (χ4v) is 3.50. The first-order valence-electron chi connectivity index (χ1n) is 8.31. The van der Waals surface area contributed by atoms with Gasteiger partial charge in [0.2, 0.25) is 11.1 Å². The molecule has 1 heterocycles. The molecule has 0 bridgehead atoms. The van der Waals surface area contributed by atoms with Gasteiger partial charge in [-0.15, -0.1) is 5.10 Å². The fraction of sp³-hybridized carbons (Fsp3) is 0.500.